The predicted octanol–water partition coefficient (Wildman–Crippen LogP) is 2.25. The van der Waals surface area contributed by atoms with E-state index in [1.807, 2.05) is 24.3 Å². The Morgan fingerprint density at radius 1 is 1.53 bits per heavy atom. The Bertz CT molecular complexity index is 353. The van der Waals surface area contributed by atoms with E-state index in [1.165, 1.54) is 0 Å². The van der Waals surface area contributed by atoms with E-state index in [0.29, 0.717) is 6.10 Å². The maximum atomic E-state index is 9.43. The maximum absolute atomic E-state index is 9.43. The molecular weight excluding hydrogens is 282 g/mol. The van der Waals surface area contributed by atoms with Crippen LogP contribution in [-0.4, -0.2) is 31.0 Å². The molecule has 3 nitrogen and oxygen atoms in total. The Balaban J connectivity index is 1.91. The fourth-order valence-corrected chi connectivity index (χ4v) is 2.51. The number of halogens is 1. The third-order valence-corrected chi connectivity index (χ3v) is 3.54. The molecule has 0 bridgehead atoms. The van der Waals surface area contributed by atoms with Crippen LogP contribution in [0.2, 0.25) is 0 Å². The highest BCUT2D eigenvalue weighted by molar-refractivity contribution is 9.10. The van der Waals surface area contributed by atoms with Crippen molar-refractivity contribution in [1.82, 2.24) is 5.32 Å². The topological polar surface area (TPSA) is 41.5 Å². The molecule has 1 aromatic carbocycles. The minimum Gasteiger partial charge on any atom is -0.394 e. The second-order valence-corrected chi connectivity index (χ2v) is 5.25. The van der Waals surface area contributed by atoms with Crippen molar-refractivity contribution >= 4 is 15.9 Å². The van der Waals surface area contributed by atoms with Gasteiger partial charge in [-0.15, -0.1) is 0 Å². The zero-order chi connectivity index (χ0) is 12.1. The van der Waals surface area contributed by atoms with Gasteiger partial charge in [0.1, 0.15) is 0 Å². The van der Waals surface area contributed by atoms with E-state index in [2.05, 4.69) is 21.2 Å². The first-order valence-electron chi connectivity index (χ1n) is 6.01. The van der Waals surface area contributed by atoms with E-state index in [9.17, 15) is 5.11 Å². The highest BCUT2D eigenvalue weighted by Crippen LogP contribution is 2.19. The zero-order valence-electron chi connectivity index (χ0n) is 9.73. The Morgan fingerprint density at radius 2 is 2.41 bits per heavy atom. The molecule has 0 saturated carbocycles. The Labute approximate surface area is 110 Å². The van der Waals surface area contributed by atoms with Gasteiger partial charge in [-0.2, -0.15) is 0 Å². The summed E-state index contributed by atoms with van der Waals surface area (Å²) >= 11 is 3.44. The van der Waals surface area contributed by atoms with Gasteiger partial charge >= 0.3 is 0 Å². The SMILES string of the molecule is OCC(NCC1CCCO1)c1cccc(Br)c1. The third kappa shape index (κ3) is 3.78. The monoisotopic (exact) mass is 299 g/mol. The van der Waals surface area contributed by atoms with Crippen molar-refractivity contribution in [2.75, 3.05) is 19.8 Å². The summed E-state index contributed by atoms with van der Waals surface area (Å²) in [7, 11) is 0. The number of aliphatic hydroxyl groups excluding tert-OH is 1. The number of rotatable bonds is 5. The average molecular weight is 300 g/mol. The van der Waals surface area contributed by atoms with E-state index >= 15 is 0 Å². The van der Waals surface area contributed by atoms with Crippen molar-refractivity contribution in [3.05, 3.63) is 34.3 Å². The molecule has 2 unspecified atom stereocenters. The van der Waals surface area contributed by atoms with Crippen LogP contribution in [0.3, 0.4) is 0 Å². The van der Waals surface area contributed by atoms with E-state index in [-0.39, 0.29) is 12.6 Å². The average Bonchev–Trinajstić information content (AvgIpc) is 2.83. The van der Waals surface area contributed by atoms with Gasteiger partial charge in [0, 0.05) is 17.6 Å². The molecule has 0 amide bonds. The molecule has 1 aliphatic rings. The fraction of sp³-hybridized carbons (Fsp3) is 0.538. The van der Waals surface area contributed by atoms with Crippen molar-refractivity contribution in [2.24, 2.45) is 0 Å². The van der Waals surface area contributed by atoms with Crippen LogP contribution >= 0.6 is 15.9 Å². The highest BCUT2D eigenvalue weighted by atomic mass is 79.9. The van der Waals surface area contributed by atoms with Gasteiger partial charge in [-0.25, -0.2) is 0 Å². The molecule has 0 aliphatic carbocycles. The summed E-state index contributed by atoms with van der Waals surface area (Å²) in [4.78, 5) is 0. The van der Waals surface area contributed by atoms with Crippen molar-refractivity contribution < 1.29 is 9.84 Å². The first-order chi connectivity index (χ1) is 8.29. The number of nitrogens with one attached hydrogen (secondary N) is 1. The molecule has 94 valence electrons. The number of aliphatic hydroxyl groups is 1. The van der Waals surface area contributed by atoms with Crippen LogP contribution in [0.25, 0.3) is 0 Å². The molecule has 0 radical (unpaired) electrons. The van der Waals surface area contributed by atoms with Gasteiger partial charge in [0.25, 0.3) is 0 Å². The Morgan fingerprint density at radius 3 is 3.06 bits per heavy atom. The van der Waals surface area contributed by atoms with E-state index < -0.39 is 0 Å². The van der Waals surface area contributed by atoms with E-state index in [1.54, 1.807) is 0 Å². The van der Waals surface area contributed by atoms with Crippen LogP contribution in [0.15, 0.2) is 28.7 Å². The molecule has 17 heavy (non-hydrogen) atoms. The van der Waals surface area contributed by atoms with Crippen LogP contribution < -0.4 is 5.32 Å². The molecule has 1 saturated heterocycles. The standard InChI is InChI=1S/C13H18BrNO2/c14-11-4-1-3-10(7-11)13(9-16)15-8-12-5-2-6-17-12/h1,3-4,7,12-13,15-16H,2,5-6,8-9H2. The lowest BCUT2D eigenvalue weighted by Gasteiger charge is -2.19. The second-order valence-electron chi connectivity index (χ2n) is 4.33. The second kappa shape index (κ2) is 6.50. The lowest BCUT2D eigenvalue weighted by molar-refractivity contribution is 0.104. The molecule has 2 atom stereocenters. The maximum Gasteiger partial charge on any atom is 0.0700 e. The largest absolute Gasteiger partial charge is 0.394 e. The van der Waals surface area contributed by atoms with Gasteiger partial charge in [0.2, 0.25) is 0 Å². The summed E-state index contributed by atoms with van der Waals surface area (Å²) in [5.41, 5.74) is 1.10. The van der Waals surface area contributed by atoms with Gasteiger partial charge in [-0.05, 0) is 30.5 Å². The zero-order valence-corrected chi connectivity index (χ0v) is 11.3. The highest BCUT2D eigenvalue weighted by Gasteiger charge is 2.17. The van der Waals surface area contributed by atoms with E-state index in [4.69, 9.17) is 4.74 Å². The quantitative estimate of drug-likeness (QED) is 0.876. The van der Waals surface area contributed by atoms with Gasteiger partial charge in [0.15, 0.2) is 0 Å². The van der Waals surface area contributed by atoms with Crippen LogP contribution in [0.5, 0.6) is 0 Å². The molecule has 2 N–H and O–H groups in total. The third-order valence-electron chi connectivity index (χ3n) is 3.05. The van der Waals surface area contributed by atoms with Gasteiger partial charge in [-0.1, -0.05) is 28.1 Å². The van der Waals surface area contributed by atoms with Crippen molar-refractivity contribution in [3.8, 4) is 0 Å². The molecular formula is C13H18BrNO2. The van der Waals surface area contributed by atoms with Crippen LogP contribution in [0, 0.1) is 0 Å². The molecule has 1 aliphatic heterocycles. The van der Waals surface area contributed by atoms with Crippen LogP contribution in [0.4, 0.5) is 0 Å². The minimum atomic E-state index is -0.0169. The predicted molar refractivity (Wildman–Crippen MR) is 70.9 cm³/mol. The summed E-state index contributed by atoms with van der Waals surface area (Å²) in [6, 6.07) is 8.00. The smallest absolute Gasteiger partial charge is 0.0700 e. The molecule has 1 aromatic rings. The van der Waals surface area contributed by atoms with Crippen LogP contribution in [0.1, 0.15) is 24.4 Å². The van der Waals surface area contributed by atoms with Crippen molar-refractivity contribution in [1.29, 1.82) is 0 Å². The van der Waals surface area contributed by atoms with Crippen molar-refractivity contribution in [2.45, 2.75) is 25.0 Å². The van der Waals surface area contributed by atoms with Crippen molar-refractivity contribution in [3.63, 3.8) is 0 Å². The van der Waals surface area contributed by atoms with Gasteiger partial charge in [0.05, 0.1) is 18.8 Å². The molecule has 1 fully saturated rings. The number of hydrogen-bond donors (Lipinski definition) is 2. The molecule has 0 aromatic heterocycles. The van der Waals surface area contributed by atoms with Gasteiger partial charge < -0.3 is 15.2 Å². The summed E-state index contributed by atoms with van der Waals surface area (Å²) < 4.78 is 6.59. The minimum absolute atomic E-state index is 0.0169. The van der Waals surface area contributed by atoms with E-state index in [0.717, 1.165) is 36.0 Å². The van der Waals surface area contributed by atoms with Gasteiger partial charge in [-0.3, -0.25) is 0 Å². The normalized spacial score (nSPS) is 21.6. The summed E-state index contributed by atoms with van der Waals surface area (Å²) in [5.74, 6) is 0. The molecule has 2 rings (SSSR count). The molecule has 1 heterocycles. The Hall–Kier alpha value is -0.420. The molecule has 4 heteroatoms. The lowest BCUT2D eigenvalue weighted by Crippen LogP contribution is -2.31. The summed E-state index contributed by atoms with van der Waals surface area (Å²) in [5, 5.41) is 12.8. The molecule has 0 spiro atoms. The lowest BCUT2D eigenvalue weighted by atomic mass is 10.1. The van der Waals surface area contributed by atoms with Crippen LogP contribution in [-0.2, 0) is 4.74 Å². The summed E-state index contributed by atoms with van der Waals surface area (Å²) in [6.07, 6.45) is 2.56. The Kier molecular flexibility index (Phi) is 4.98. The first kappa shape index (κ1) is 13.0. The number of benzene rings is 1. The first-order valence-corrected chi connectivity index (χ1v) is 6.80. The fourth-order valence-electron chi connectivity index (χ4n) is 2.09. The number of ether oxygens (including phenoxy) is 1. The summed E-state index contributed by atoms with van der Waals surface area (Å²) in [6.45, 7) is 1.77. The number of hydrogen-bond acceptors (Lipinski definition) is 3.